The lowest BCUT2D eigenvalue weighted by Gasteiger charge is -2.14. The fourth-order valence-electron chi connectivity index (χ4n) is 2.48. The van der Waals surface area contributed by atoms with Gasteiger partial charge in [0.2, 0.25) is 0 Å². The average molecular weight is 247 g/mol. The Bertz CT molecular complexity index is 437. The molecule has 1 atom stereocenters. The van der Waals surface area contributed by atoms with Crippen molar-refractivity contribution in [3.8, 4) is 0 Å². The van der Waals surface area contributed by atoms with Crippen molar-refractivity contribution in [3.05, 3.63) is 41.2 Å². The number of benzene rings is 1. The molecule has 2 heteroatoms. The second-order valence-electron chi connectivity index (χ2n) is 5.08. The highest BCUT2D eigenvalue weighted by molar-refractivity contribution is 5.67. The van der Waals surface area contributed by atoms with Crippen LogP contribution in [0.1, 0.15) is 56.2 Å². The van der Waals surface area contributed by atoms with Gasteiger partial charge >= 0.3 is 0 Å². The van der Waals surface area contributed by atoms with Crippen LogP contribution in [0.3, 0.4) is 0 Å². The molecular weight excluding hydrogens is 225 g/mol. The summed E-state index contributed by atoms with van der Waals surface area (Å²) in [5.74, 6) is -0.0878. The molecule has 0 saturated carbocycles. The normalized spacial score (nSPS) is 18.1. The van der Waals surface area contributed by atoms with E-state index in [9.17, 15) is 4.39 Å². The van der Waals surface area contributed by atoms with Crippen molar-refractivity contribution in [2.75, 3.05) is 7.05 Å². The summed E-state index contributed by atoms with van der Waals surface area (Å²) in [6.07, 6.45) is 7.98. The molecule has 1 nitrogen and oxygen atoms in total. The largest absolute Gasteiger partial charge is 0.313 e. The molecule has 1 N–H and O–H groups in total. The van der Waals surface area contributed by atoms with Gasteiger partial charge in [-0.3, -0.25) is 0 Å². The van der Waals surface area contributed by atoms with Crippen LogP contribution in [0.15, 0.2) is 24.3 Å². The highest BCUT2D eigenvalue weighted by atomic mass is 19.1. The Kier molecular flexibility index (Phi) is 4.54. The van der Waals surface area contributed by atoms with Gasteiger partial charge in [-0.1, -0.05) is 18.6 Å². The zero-order valence-corrected chi connectivity index (χ0v) is 11.3. The van der Waals surface area contributed by atoms with Gasteiger partial charge in [0.25, 0.3) is 0 Å². The van der Waals surface area contributed by atoms with Crippen LogP contribution in [-0.2, 0) is 0 Å². The van der Waals surface area contributed by atoms with Crippen LogP contribution in [0.2, 0.25) is 0 Å². The molecule has 0 bridgehead atoms. The van der Waals surface area contributed by atoms with Crippen LogP contribution in [0.25, 0.3) is 5.57 Å². The van der Waals surface area contributed by atoms with E-state index < -0.39 is 0 Å². The predicted octanol–water partition coefficient (Wildman–Crippen LogP) is 4.45. The molecule has 1 aliphatic carbocycles. The molecule has 98 valence electrons. The first kappa shape index (κ1) is 13.3. The summed E-state index contributed by atoms with van der Waals surface area (Å²) in [6, 6.07) is 5.74. The molecule has 1 aromatic rings. The predicted molar refractivity (Wildman–Crippen MR) is 74.9 cm³/mol. The first-order chi connectivity index (χ1) is 8.72. The lowest BCUT2D eigenvalue weighted by molar-refractivity contribution is 0.614. The second kappa shape index (κ2) is 6.14. The summed E-state index contributed by atoms with van der Waals surface area (Å²) in [7, 11) is 1.93. The molecule has 0 fully saturated rings. The monoisotopic (exact) mass is 247 g/mol. The lowest BCUT2D eigenvalue weighted by Crippen LogP contribution is -2.12. The number of hydrogen-bond acceptors (Lipinski definition) is 1. The smallest absolute Gasteiger partial charge is 0.130 e. The number of nitrogens with one attached hydrogen (secondary N) is 1. The van der Waals surface area contributed by atoms with Crippen molar-refractivity contribution < 1.29 is 4.39 Å². The number of halogens is 1. The average Bonchev–Trinajstić information content (AvgIpc) is 2.67. The molecule has 0 amide bonds. The van der Waals surface area contributed by atoms with E-state index >= 15 is 0 Å². The fourth-order valence-corrected chi connectivity index (χ4v) is 2.48. The Balaban J connectivity index is 2.33. The molecular formula is C16H22FN. The first-order valence-electron chi connectivity index (χ1n) is 6.88. The Morgan fingerprint density at radius 2 is 2.06 bits per heavy atom. The topological polar surface area (TPSA) is 12.0 Å². The Labute approximate surface area is 109 Å². The van der Waals surface area contributed by atoms with E-state index in [-0.39, 0.29) is 11.9 Å². The standard InChI is InChI=1S/C16H22FN/c1-12(18-2)14-9-10-16(17)15(11-14)13-7-5-3-4-6-8-13/h7,9-12,18H,3-6,8H2,1-2H3. The number of rotatable bonds is 3. The van der Waals surface area contributed by atoms with Gasteiger partial charge in [0.15, 0.2) is 0 Å². The van der Waals surface area contributed by atoms with Crippen LogP contribution in [0.4, 0.5) is 4.39 Å². The first-order valence-corrected chi connectivity index (χ1v) is 6.88. The molecule has 18 heavy (non-hydrogen) atoms. The van der Waals surface area contributed by atoms with E-state index in [1.165, 1.54) is 24.8 Å². The summed E-state index contributed by atoms with van der Waals surface area (Å²) < 4.78 is 14.0. The second-order valence-corrected chi connectivity index (χ2v) is 5.08. The van der Waals surface area contributed by atoms with Gasteiger partial charge in [0.05, 0.1) is 0 Å². The van der Waals surface area contributed by atoms with Crippen molar-refractivity contribution >= 4 is 5.57 Å². The van der Waals surface area contributed by atoms with Crippen LogP contribution in [0, 0.1) is 5.82 Å². The van der Waals surface area contributed by atoms with Crippen molar-refractivity contribution in [3.63, 3.8) is 0 Å². The van der Waals surface area contributed by atoms with Gasteiger partial charge < -0.3 is 5.32 Å². The number of allylic oxidation sites excluding steroid dienone is 2. The number of hydrogen-bond donors (Lipinski definition) is 1. The molecule has 0 radical (unpaired) electrons. The minimum atomic E-state index is -0.0878. The van der Waals surface area contributed by atoms with E-state index in [1.807, 2.05) is 19.2 Å². The summed E-state index contributed by atoms with van der Waals surface area (Å²) >= 11 is 0. The zero-order valence-electron chi connectivity index (χ0n) is 11.3. The molecule has 0 aromatic heterocycles. The van der Waals surface area contributed by atoms with E-state index in [4.69, 9.17) is 0 Å². The molecule has 1 aliphatic rings. The van der Waals surface area contributed by atoms with Gasteiger partial charge in [0.1, 0.15) is 5.82 Å². The van der Waals surface area contributed by atoms with Crippen LogP contribution in [0.5, 0.6) is 0 Å². The Morgan fingerprint density at radius 3 is 2.83 bits per heavy atom. The Morgan fingerprint density at radius 1 is 1.22 bits per heavy atom. The summed E-state index contributed by atoms with van der Waals surface area (Å²) in [4.78, 5) is 0. The van der Waals surface area contributed by atoms with Crippen LogP contribution < -0.4 is 5.32 Å². The quantitative estimate of drug-likeness (QED) is 0.832. The van der Waals surface area contributed by atoms with Gasteiger partial charge in [0, 0.05) is 11.6 Å². The lowest BCUT2D eigenvalue weighted by atomic mass is 9.96. The van der Waals surface area contributed by atoms with E-state index in [0.29, 0.717) is 0 Å². The van der Waals surface area contributed by atoms with Crippen LogP contribution >= 0.6 is 0 Å². The molecule has 0 spiro atoms. The minimum Gasteiger partial charge on any atom is -0.313 e. The van der Waals surface area contributed by atoms with Crippen molar-refractivity contribution in [1.82, 2.24) is 5.32 Å². The molecule has 0 aliphatic heterocycles. The van der Waals surface area contributed by atoms with Crippen molar-refractivity contribution in [1.29, 1.82) is 0 Å². The fraction of sp³-hybridized carbons (Fsp3) is 0.500. The summed E-state index contributed by atoms with van der Waals surface area (Å²) in [6.45, 7) is 2.10. The maximum atomic E-state index is 14.0. The van der Waals surface area contributed by atoms with Gasteiger partial charge in [-0.15, -0.1) is 0 Å². The van der Waals surface area contributed by atoms with E-state index in [0.717, 1.165) is 24.0 Å². The minimum absolute atomic E-state index is 0.0878. The van der Waals surface area contributed by atoms with E-state index in [2.05, 4.69) is 18.3 Å². The highest BCUT2D eigenvalue weighted by Gasteiger charge is 2.12. The maximum Gasteiger partial charge on any atom is 0.130 e. The van der Waals surface area contributed by atoms with Crippen LogP contribution in [-0.4, -0.2) is 7.05 Å². The van der Waals surface area contributed by atoms with Gasteiger partial charge in [-0.25, -0.2) is 4.39 Å². The van der Waals surface area contributed by atoms with Gasteiger partial charge in [-0.05, 0) is 62.9 Å². The molecule has 0 heterocycles. The maximum absolute atomic E-state index is 14.0. The van der Waals surface area contributed by atoms with Crippen molar-refractivity contribution in [2.45, 2.75) is 45.1 Å². The molecule has 2 rings (SSSR count). The summed E-state index contributed by atoms with van der Waals surface area (Å²) in [5, 5.41) is 3.20. The van der Waals surface area contributed by atoms with E-state index in [1.54, 1.807) is 6.07 Å². The zero-order chi connectivity index (χ0) is 13.0. The third kappa shape index (κ3) is 2.99. The summed E-state index contributed by atoms with van der Waals surface area (Å²) in [5.41, 5.74) is 3.14. The Hall–Kier alpha value is -1.15. The van der Waals surface area contributed by atoms with Gasteiger partial charge in [-0.2, -0.15) is 0 Å². The molecule has 0 saturated heterocycles. The SMILES string of the molecule is CNC(C)c1ccc(F)c(C2=CCCCCC2)c1. The highest BCUT2D eigenvalue weighted by Crippen LogP contribution is 2.29. The molecule has 1 aromatic carbocycles. The third-order valence-corrected chi connectivity index (χ3v) is 3.81. The molecule has 1 unspecified atom stereocenters. The van der Waals surface area contributed by atoms with Crippen molar-refractivity contribution in [2.24, 2.45) is 0 Å². The third-order valence-electron chi connectivity index (χ3n) is 3.81.